The summed E-state index contributed by atoms with van der Waals surface area (Å²) < 4.78 is 0. The maximum absolute atomic E-state index is 9.37. The molecule has 0 spiro atoms. The molecule has 0 saturated heterocycles. The molecule has 3 heteroatoms. The fourth-order valence-corrected chi connectivity index (χ4v) is 0.0786. The number of carboxylic acids is 1. The topological polar surface area (TPSA) is 54.4 Å². The van der Waals surface area contributed by atoms with Crippen LogP contribution in [0.25, 0.3) is 0 Å². The van der Waals surface area contributed by atoms with Gasteiger partial charge in [0, 0.05) is 6.42 Å². The molecule has 0 aromatic heterocycles. The highest BCUT2D eigenvalue weighted by Gasteiger charge is 1.80. The van der Waals surface area contributed by atoms with Gasteiger partial charge in [-0.2, -0.15) is 0 Å². The molecule has 0 aromatic rings. The summed E-state index contributed by atoms with van der Waals surface area (Å²) in [6.45, 7) is 3.40. The molecule has 0 rings (SSSR count). The van der Waals surface area contributed by atoms with E-state index in [0.29, 0.717) is 0 Å². The van der Waals surface area contributed by atoms with Crippen molar-refractivity contribution in [2.24, 2.45) is 0 Å². The lowest BCUT2D eigenvalue weighted by Gasteiger charge is -1.71. The Morgan fingerprint density at radius 3 is 2.00 bits per heavy atom. The molecular formula is C7H12O3. The number of hydrogen-bond acceptors (Lipinski definition) is 2. The van der Waals surface area contributed by atoms with Gasteiger partial charge < -0.3 is 5.11 Å². The summed E-state index contributed by atoms with van der Waals surface area (Å²) in [6, 6.07) is 0. The minimum absolute atomic E-state index is 0.222. The molecule has 0 aliphatic rings. The molecule has 0 atom stereocenters. The van der Waals surface area contributed by atoms with E-state index in [-0.39, 0.29) is 6.42 Å². The fourth-order valence-electron chi connectivity index (χ4n) is 0.0786. The fraction of sp³-hybridized carbons (Fsp3) is 0.429. The van der Waals surface area contributed by atoms with Crippen LogP contribution < -0.4 is 0 Å². The summed E-state index contributed by atoms with van der Waals surface area (Å²) in [6.07, 6.45) is 4.10. The van der Waals surface area contributed by atoms with E-state index in [1.165, 1.54) is 6.08 Å². The van der Waals surface area contributed by atoms with Gasteiger partial charge in [0.05, 0.1) is 0 Å². The number of carbonyl (C=O) groups is 2. The summed E-state index contributed by atoms with van der Waals surface area (Å²) in [5.41, 5.74) is 0. The third-order valence-corrected chi connectivity index (χ3v) is 0.573. The molecule has 0 saturated carbocycles. The van der Waals surface area contributed by atoms with E-state index < -0.39 is 5.97 Å². The molecule has 0 fully saturated rings. The number of rotatable bonds is 2. The zero-order chi connectivity index (χ0) is 8.41. The monoisotopic (exact) mass is 144 g/mol. The van der Waals surface area contributed by atoms with E-state index in [9.17, 15) is 9.59 Å². The van der Waals surface area contributed by atoms with Crippen LogP contribution in [0.4, 0.5) is 0 Å². The van der Waals surface area contributed by atoms with Crippen LogP contribution in [-0.4, -0.2) is 17.4 Å². The smallest absolute Gasteiger partial charge is 0.303 e. The molecule has 58 valence electrons. The molecule has 0 aromatic carbocycles. The molecule has 0 aliphatic heterocycles. The molecular weight excluding hydrogens is 132 g/mol. The average molecular weight is 144 g/mol. The molecule has 0 bridgehead atoms. The SMILES string of the molecule is C/C=C/C=O.CCC(=O)O. The Bertz CT molecular complexity index is 116. The van der Waals surface area contributed by atoms with Crippen LogP contribution in [0, 0.1) is 0 Å². The molecule has 0 aliphatic carbocycles. The van der Waals surface area contributed by atoms with Crippen LogP contribution in [0.1, 0.15) is 20.3 Å². The minimum atomic E-state index is -0.745. The van der Waals surface area contributed by atoms with Crippen molar-refractivity contribution in [2.45, 2.75) is 20.3 Å². The van der Waals surface area contributed by atoms with E-state index in [0.717, 1.165) is 6.29 Å². The van der Waals surface area contributed by atoms with Crippen molar-refractivity contribution in [2.75, 3.05) is 0 Å². The van der Waals surface area contributed by atoms with Gasteiger partial charge in [-0.1, -0.05) is 13.0 Å². The van der Waals surface area contributed by atoms with Crippen molar-refractivity contribution in [3.8, 4) is 0 Å². The second-order valence-corrected chi connectivity index (χ2v) is 1.41. The van der Waals surface area contributed by atoms with Crippen LogP contribution in [0.15, 0.2) is 12.2 Å². The predicted molar refractivity (Wildman–Crippen MR) is 38.8 cm³/mol. The number of aliphatic carboxylic acids is 1. The Kier molecular flexibility index (Phi) is 12.6. The second-order valence-electron chi connectivity index (χ2n) is 1.41. The molecule has 1 N–H and O–H groups in total. The molecule has 0 heterocycles. The van der Waals surface area contributed by atoms with E-state index >= 15 is 0 Å². The Labute approximate surface area is 60.4 Å². The predicted octanol–water partition coefficient (Wildman–Crippen LogP) is 1.24. The zero-order valence-corrected chi connectivity index (χ0v) is 6.20. The zero-order valence-electron chi connectivity index (χ0n) is 6.20. The van der Waals surface area contributed by atoms with Gasteiger partial charge in [0.1, 0.15) is 6.29 Å². The van der Waals surface area contributed by atoms with Crippen molar-refractivity contribution in [1.82, 2.24) is 0 Å². The summed E-state index contributed by atoms with van der Waals surface area (Å²) in [4.78, 5) is 18.7. The maximum atomic E-state index is 9.37. The van der Waals surface area contributed by atoms with Crippen LogP contribution in [0.2, 0.25) is 0 Å². The first-order valence-corrected chi connectivity index (χ1v) is 2.97. The standard InChI is InChI=1S/C4H6O.C3H6O2/c1-2-3-4-5;1-2-3(4)5/h2-4H,1H3;2H2,1H3,(H,4,5)/b3-2+;. The van der Waals surface area contributed by atoms with Crippen LogP contribution in [0.5, 0.6) is 0 Å². The normalized spacial score (nSPS) is 8.20. The largest absolute Gasteiger partial charge is 0.481 e. The molecule has 0 amide bonds. The van der Waals surface area contributed by atoms with Gasteiger partial charge in [0.15, 0.2) is 0 Å². The van der Waals surface area contributed by atoms with Gasteiger partial charge in [0.25, 0.3) is 0 Å². The first-order valence-electron chi connectivity index (χ1n) is 2.97. The van der Waals surface area contributed by atoms with Gasteiger partial charge in [-0.25, -0.2) is 0 Å². The van der Waals surface area contributed by atoms with E-state index in [1.807, 2.05) is 0 Å². The lowest BCUT2D eigenvalue weighted by atomic mass is 10.5. The van der Waals surface area contributed by atoms with Crippen molar-refractivity contribution in [3.63, 3.8) is 0 Å². The number of allylic oxidation sites excluding steroid dienone is 2. The highest BCUT2D eigenvalue weighted by molar-refractivity contribution is 5.66. The first kappa shape index (κ1) is 11.6. The first-order chi connectivity index (χ1) is 4.68. The Hall–Kier alpha value is -1.12. The number of carbonyl (C=O) groups excluding carboxylic acids is 1. The quantitative estimate of drug-likeness (QED) is 0.468. The Morgan fingerprint density at radius 1 is 1.60 bits per heavy atom. The number of aldehydes is 1. The summed E-state index contributed by atoms with van der Waals surface area (Å²) >= 11 is 0. The third-order valence-electron chi connectivity index (χ3n) is 0.573. The van der Waals surface area contributed by atoms with Gasteiger partial charge in [-0.3, -0.25) is 9.59 Å². The average Bonchev–Trinajstić information content (AvgIpc) is 1.91. The third kappa shape index (κ3) is 28.7. The van der Waals surface area contributed by atoms with E-state index in [1.54, 1.807) is 19.9 Å². The van der Waals surface area contributed by atoms with Crippen molar-refractivity contribution in [1.29, 1.82) is 0 Å². The van der Waals surface area contributed by atoms with Gasteiger partial charge >= 0.3 is 5.97 Å². The summed E-state index contributed by atoms with van der Waals surface area (Å²) in [5, 5.41) is 7.72. The highest BCUT2D eigenvalue weighted by Crippen LogP contribution is 1.67. The molecule has 3 nitrogen and oxygen atoms in total. The van der Waals surface area contributed by atoms with E-state index in [4.69, 9.17) is 5.11 Å². The molecule has 0 unspecified atom stereocenters. The second kappa shape index (κ2) is 10.8. The van der Waals surface area contributed by atoms with Crippen molar-refractivity contribution < 1.29 is 14.7 Å². The number of carboxylic acid groups (broad SMARTS) is 1. The van der Waals surface area contributed by atoms with Crippen LogP contribution in [-0.2, 0) is 9.59 Å². The lowest BCUT2D eigenvalue weighted by Crippen LogP contribution is -1.86. The van der Waals surface area contributed by atoms with Crippen molar-refractivity contribution in [3.05, 3.63) is 12.2 Å². The minimum Gasteiger partial charge on any atom is -0.481 e. The molecule has 10 heavy (non-hydrogen) atoms. The molecule has 0 radical (unpaired) electrons. The van der Waals surface area contributed by atoms with Crippen molar-refractivity contribution >= 4 is 12.3 Å². The maximum Gasteiger partial charge on any atom is 0.303 e. The van der Waals surface area contributed by atoms with Crippen LogP contribution >= 0.6 is 0 Å². The summed E-state index contributed by atoms with van der Waals surface area (Å²) in [5.74, 6) is -0.745. The lowest BCUT2D eigenvalue weighted by molar-refractivity contribution is -0.136. The Balaban J connectivity index is 0. The highest BCUT2D eigenvalue weighted by atomic mass is 16.4. The van der Waals surface area contributed by atoms with Crippen LogP contribution in [0.3, 0.4) is 0 Å². The van der Waals surface area contributed by atoms with Gasteiger partial charge in [-0.05, 0) is 13.0 Å². The number of hydrogen-bond donors (Lipinski definition) is 1. The van der Waals surface area contributed by atoms with E-state index in [2.05, 4.69) is 0 Å². The Morgan fingerprint density at radius 2 is 2.00 bits per heavy atom. The van der Waals surface area contributed by atoms with Gasteiger partial charge in [0.2, 0.25) is 0 Å². The van der Waals surface area contributed by atoms with Gasteiger partial charge in [-0.15, -0.1) is 0 Å². The summed E-state index contributed by atoms with van der Waals surface area (Å²) in [7, 11) is 0.